The molecule has 0 radical (unpaired) electrons. The number of aliphatic hydroxyl groups is 1. The number of aliphatic hydroxyl groups excluding tert-OH is 1. The molecule has 0 spiro atoms. The molecular formula is C18H15NO4S. The van der Waals surface area contributed by atoms with Crippen LogP contribution >= 0.6 is 11.3 Å². The van der Waals surface area contributed by atoms with E-state index in [-0.39, 0.29) is 19.2 Å². The summed E-state index contributed by atoms with van der Waals surface area (Å²) in [6.07, 6.45) is -0.751. The summed E-state index contributed by atoms with van der Waals surface area (Å²) >= 11 is 1.58. The van der Waals surface area contributed by atoms with Crippen LogP contribution in [0.2, 0.25) is 0 Å². The van der Waals surface area contributed by atoms with Gasteiger partial charge in [0.1, 0.15) is 0 Å². The van der Waals surface area contributed by atoms with E-state index in [0.29, 0.717) is 17.1 Å². The number of ether oxygens (including phenoxy) is 2. The van der Waals surface area contributed by atoms with Gasteiger partial charge >= 0.3 is 0 Å². The first-order chi connectivity index (χ1) is 11.7. The molecule has 4 rings (SSSR count). The number of carbonyl (C=O) groups excluding carboxylic acids is 1. The number of hydrogen-bond donors (Lipinski definition) is 2. The predicted molar refractivity (Wildman–Crippen MR) is 91.7 cm³/mol. The van der Waals surface area contributed by atoms with E-state index in [1.54, 1.807) is 29.5 Å². The van der Waals surface area contributed by atoms with Crippen molar-refractivity contribution in [1.29, 1.82) is 0 Å². The number of carbonyl (C=O) groups is 1. The van der Waals surface area contributed by atoms with Crippen LogP contribution in [0, 0.1) is 0 Å². The normalized spacial score (nSPS) is 13.9. The Morgan fingerprint density at radius 3 is 2.96 bits per heavy atom. The molecule has 1 aliphatic heterocycles. The van der Waals surface area contributed by atoms with Crippen LogP contribution in [0.4, 0.5) is 0 Å². The van der Waals surface area contributed by atoms with Gasteiger partial charge < -0.3 is 19.9 Å². The van der Waals surface area contributed by atoms with Gasteiger partial charge in [0.15, 0.2) is 11.5 Å². The number of amides is 1. The number of fused-ring (bicyclic) bond motifs is 2. The lowest BCUT2D eigenvalue weighted by Gasteiger charge is -2.12. The number of rotatable bonds is 4. The lowest BCUT2D eigenvalue weighted by molar-refractivity contribution is 0.0916. The van der Waals surface area contributed by atoms with Crippen molar-refractivity contribution >= 4 is 27.3 Å². The van der Waals surface area contributed by atoms with Gasteiger partial charge in [0.25, 0.3) is 5.91 Å². The van der Waals surface area contributed by atoms with Crippen molar-refractivity contribution in [3.05, 3.63) is 59.0 Å². The van der Waals surface area contributed by atoms with E-state index in [0.717, 1.165) is 15.6 Å². The molecule has 1 amide bonds. The average Bonchev–Trinajstić information content (AvgIpc) is 3.25. The Morgan fingerprint density at radius 1 is 1.21 bits per heavy atom. The lowest BCUT2D eigenvalue weighted by Crippen LogP contribution is -2.28. The molecule has 1 aliphatic rings. The molecule has 0 saturated heterocycles. The quantitative estimate of drug-likeness (QED) is 0.765. The molecule has 122 valence electrons. The second kappa shape index (κ2) is 6.14. The molecule has 0 saturated carbocycles. The van der Waals surface area contributed by atoms with E-state index < -0.39 is 6.10 Å². The Kier molecular flexibility index (Phi) is 3.84. The first kappa shape index (κ1) is 15.0. The number of benzene rings is 2. The monoisotopic (exact) mass is 341 g/mol. The van der Waals surface area contributed by atoms with Gasteiger partial charge in [-0.25, -0.2) is 0 Å². The summed E-state index contributed by atoms with van der Waals surface area (Å²) < 4.78 is 11.6. The molecule has 0 aliphatic carbocycles. The minimum absolute atomic E-state index is 0.147. The molecule has 0 bridgehead atoms. The molecule has 2 N–H and O–H groups in total. The minimum Gasteiger partial charge on any atom is -0.454 e. The van der Waals surface area contributed by atoms with E-state index in [4.69, 9.17) is 9.47 Å². The zero-order valence-corrected chi connectivity index (χ0v) is 13.5. The van der Waals surface area contributed by atoms with Crippen molar-refractivity contribution < 1.29 is 19.4 Å². The third-order valence-electron chi connectivity index (χ3n) is 3.96. The van der Waals surface area contributed by atoms with Crippen LogP contribution in [0.1, 0.15) is 22.0 Å². The largest absolute Gasteiger partial charge is 0.454 e. The summed E-state index contributed by atoms with van der Waals surface area (Å²) in [4.78, 5) is 12.3. The van der Waals surface area contributed by atoms with Gasteiger partial charge in [-0.3, -0.25) is 4.79 Å². The smallest absolute Gasteiger partial charge is 0.251 e. The van der Waals surface area contributed by atoms with Crippen LogP contribution in [-0.4, -0.2) is 24.4 Å². The first-order valence-electron chi connectivity index (χ1n) is 7.54. The van der Waals surface area contributed by atoms with Crippen molar-refractivity contribution in [2.75, 3.05) is 13.3 Å². The Morgan fingerprint density at radius 2 is 2.04 bits per heavy atom. The van der Waals surface area contributed by atoms with Gasteiger partial charge in [0.2, 0.25) is 6.79 Å². The summed E-state index contributed by atoms with van der Waals surface area (Å²) in [6, 6.07) is 12.9. The van der Waals surface area contributed by atoms with Gasteiger partial charge in [0, 0.05) is 22.4 Å². The van der Waals surface area contributed by atoms with Gasteiger partial charge in [-0.1, -0.05) is 18.2 Å². The molecule has 3 aromatic rings. The van der Waals surface area contributed by atoms with Crippen LogP contribution in [0.25, 0.3) is 10.1 Å². The summed E-state index contributed by atoms with van der Waals surface area (Å²) in [5.74, 6) is 0.940. The SMILES string of the molecule is O=C(NC[C@H](O)c1csc2ccccc12)c1ccc2c(c1)OCO2. The fourth-order valence-electron chi connectivity index (χ4n) is 2.70. The molecule has 0 fully saturated rings. The van der Waals surface area contributed by atoms with Gasteiger partial charge in [-0.15, -0.1) is 11.3 Å². The first-order valence-corrected chi connectivity index (χ1v) is 8.42. The van der Waals surface area contributed by atoms with Gasteiger partial charge in [-0.05, 0) is 35.0 Å². The van der Waals surface area contributed by atoms with E-state index in [1.165, 1.54) is 0 Å². The molecule has 2 heterocycles. The molecule has 2 aromatic carbocycles. The highest BCUT2D eigenvalue weighted by Crippen LogP contribution is 2.33. The maximum Gasteiger partial charge on any atom is 0.251 e. The molecule has 0 unspecified atom stereocenters. The molecule has 1 atom stereocenters. The highest BCUT2D eigenvalue weighted by Gasteiger charge is 2.18. The predicted octanol–water partition coefficient (Wildman–Crippen LogP) is 3.09. The van der Waals surface area contributed by atoms with E-state index in [2.05, 4.69) is 5.32 Å². The number of nitrogens with one attached hydrogen (secondary N) is 1. The molecule has 5 nitrogen and oxygen atoms in total. The molecule has 1 aromatic heterocycles. The van der Waals surface area contributed by atoms with Gasteiger partial charge in [-0.2, -0.15) is 0 Å². The van der Waals surface area contributed by atoms with Crippen molar-refractivity contribution in [3.63, 3.8) is 0 Å². The van der Waals surface area contributed by atoms with Crippen LogP contribution in [0.15, 0.2) is 47.8 Å². The van der Waals surface area contributed by atoms with Gasteiger partial charge in [0.05, 0.1) is 6.10 Å². The maximum atomic E-state index is 12.3. The average molecular weight is 341 g/mol. The Labute approximate surface area is 142 Å². The lowest BCUT2D eigenvalue weighted by atomic mass is 10.1. The fourth-order valence-corrected chi connectivity index (χ4v) is 3.70. The van der Waals surface area contributed by atoms with Crippen LogP contribution in [-0.2, 0) is 0 Å². The highest BCUT2D eigenvalue weighted by molar-refractivity contribution is 7.17. The van der Waals surface area contributed by atoms with E-state index in [1.807, 2.05) is 29.6 Å². The maximum absolute atomic E-state index is 12.3. The highest BCUT2D eigenvalue weighted by atomic mass is 32.1. The van der Waals surface area contributed by atoms with E-state index >= 15 is 0 Å². The van der Waals surface area contributed by atoms with Crippen LogP contribution < -0.4 is 14.8 Å². The number of hydrogen-bond acceptors (Lipinski definition) is 5. The van der Waals surface area contributed by atoms with Crippen LogP contribution in [0.3, 0.4) is 0 Å². The standard InChI is InChI=1S/C18H15NO4S/c20-14(13-9-24-17-4-2-1-3-12(13)17)8-19-18(21)11-5-6-15-16(7-11)23-10-22-15/h1-7,9,14,20H,8,10H2,(H,19,21)/t14-/m0/s1. The Balaban J connectivity index is 1.45. The number of thiophene rings is 1. The molecule has 24 heavy (non-hydrogen) atoms. The summed E-state index contributed by atoms with van der Waals surface area (Å²) in [6.45, 7) is 0.318. The topological polar surface area (TPSA) is 67.8 Å². The summed E-state index contributed by atoms with van der Waals surface area (Å²) in [5, 5.41) is 16.1. The zero-order chi connectivity index (χ0) is 16.5. The third-order valence-corrected chi connectivity index (χ3v) is 4.94. The van der Waals surface area contributed by atoms with Crippen molar-refractivity contribution in [2.45, 2.75) is 6.10 Å². The molecular weight excluding hydrogens is 326 g/mol. The van der Waals surface area contributed by atoms with E-state index in [9.17, 15) is 9.90 Å². The second-order valence-electron chi connectivity index (χ2n) is 5.48. The second-order valence-corrected chi connectivity index (χ2v) is 6.39. The third kappa shape index (κ3) is 2.70. The Hall–Kier alpha value is -2.57. The van der Waals surface area contributed by atoms with Crippen molar-refractivity contribution in [1.82, 2.24) is 5.32 Å². The fraction of sp³-hybridized carbons (Fsp3) is 0.167. The Bertz CT molecular complexity index is 905. The summed E-state index contributed by atoms with van der Waals surface area (Å²) in [5.41, 5.74) is 1.31. The minimum atomic E-state index is -0.751. The zero-order valence-electron chi connectivity index (χ0n) is 12.7. The van der Waals surface area contributed by atoms with Crippen molar-refractivity contribution in [3.8, 4) is 11.5 Å². The summed E-state index contributed by atoms with van der Waals surface area (Å²) in [7, 11) is 0. The van der Waals surface area contributed by atoms with Crippen molar-refractivity contribution in [2.24, 2.45) is 0 Å². The molecule has 6 heteroatoms. The van der Waals surface area contributed by atoms with Crippen LogP contribution in [0.5, 0.6) is 11.5 Å².